The summed E-state index contributed by atoms with van der Waals surface area (Å²) in [5.74, 6) is 0.659. The highest BCUT2D eigenvalue weighted by atomic mass is 35.5. The molecule has 3 heterocycles. The van der Waals surface area contributed by atoms with Gasteiger partial charge in [-0.1, -0.05) is 112 Å². The molecule has 0 spiro atoms. The van der Waals surface area contributed by atoms with Crippen LogP contribution in [0.3, 0.4) is 0 Å². The van der Waals surface area contributed by atoms with E-state index in [0.29, 0.717) is 37.3 Å². The Morgan fingerprint density at radius 2 is 1.51 bits per heavy atom. The Bertz CT molecular complexity index is 1290. The molecule has 0 N–H and O–H groups in total. The second kappa shape index (κ2) is 14.3. The second-order valence-corrected chi connectivity index (χ2v) is 17.3. The highest BCUT2D eigenvalue weighted by molar-refractivity contribution is 6.99. The number of anilines is 1. The van der Waals surface area contributed by atoms with Crippen LogP contribution in [-0.2, 0) is 15.7 Å². The fourth-order valence-electron chi connectivity index (χ4n) is 6.61. The summed E-state index contributed by atoms with van der Waals surface area (Å²) in [7, 11) is -2.49. The molecule has 1 saturated heterocycles. The topological polar surface area (TPSA) is 67.8 Å². The molecule has 0 saturated carbocycles. The first-order chi connectivity index (χ1) is 20.8. The highest BCUT2D eigenvalue weighted by Crippen LogP contribution is 2.37. The minimum Gasteiger partial charge on any atom is -0.407 e. The fourth-order valence-corrected chi connectivity index (χ4v) is 11.4. The molecule has 7 nitrogen and oxygen atoms in total. The molecule has 1 fully saturated rings. The number of fused-ring (bicyclic) bond motifs is 1. The van der Waals surface area contributed by atoms with Crippen molar-refractivity contribution in [2.45, 2.75) is 83.3 Å². The molecular weight excluding hydrogens is 576 g/mol. The second-order valence-electron chi connectivity index (χ2n) is 12.7. The quantitative estimate of drug-likeness (QED) is 0.130. The minimum atomic E-state index is -2.49. The Labute approximate surface area is 262 Å². The van der Waals surface area contributed by atoms with E-state index in [9.17, 15) is 4.79 Å². The van der Waals surface area contributed by atoms with Crippen LogP contribution in [0.4, 0.5) is 10.6 Å². The summed E-state index contributed by atoms with van der Waals surface area (Å²) in [4.78, 5) is 26.0. The zero-order chi connectivity index (χ0) is 30.3. The number of hydrogen-bond donors (Lipinski definition) is 0. The van der Waals surface area contributed by atoms with Crippen LogP contribution < -0.4 is 15.3 Å². The van der Waals surface area contributed by atoms with E-state index >= 15 is 0 Å². The molecule has 0 atom stereocenters. The molecule has 0 aliphatic carbocycles. The molecule has 5 rings (SSSR count). The number of amides is 2. The zero-order valence-corrected chi connectivity index (χ0v) is 27.6. The number of unbranched alkanes of at least 4 members (excludes halogenated alkanes) is 4. The summed E-state index contributed by atoms with van der Waals surface area (Å²) < 4.78 is 12.6. The highest BCUT2D eigenvalue weighted by Gasteiger charge is 2.50. The lowest BCUT2D eigenvalue weighted by molar-refractivity contribution is 0.0437. The smallest absolute Gasteiger partial charge is 0.326 e. The number of hydrogen-bond acceptors (Lipinski definition) is 5. The van der Waals surface area contributed by atoms with Gasteiger partial charge in [0.1, 0.15) is 17.3 Å². The number of carbonyl (C=O) groups excluding carboxylic acids is 1. The predicted molar refractivity (Wildman–Crippen MR) is 176 cm³/mol. The van der Waals surface area contributed by atoms with Crippen molar-refractivity contribution >= 4 is 42.1 Å². The van der Waals surface area contributed by atoms with Crippen molar-refractivity contribution in [1.82, 2.24) is 14.9 Å². The number of urea groups is 1. The fraction of sp³-hybridized carbons (Fsp3) is 0.500. The average Bonchev–Trinajstić information content (AvgIpc) is 3.02. The Morgan fingerprint density at radius 1 is 0.907 bits per heavy atom. The van der Waals surface area contributed by atoms with Gasteiger partial charge >= 0.3 is 6.03 Å². The zero-order valence-electron chi connectivity index (χ0n) is 25.8. The standard InChI is InChI=1S/C34H45ClN4O3Si/c1-34(2,3)43(28-15-9-7-10-16-28,29-17-11-8-12-18-29)42-22-14-6-4-5-13-21-38-32-30(31(35)36-26-37-32)25-39(33(38)40)27-19-23-41-24-20-27/h7-12,15-18,26-27H,4-6,13-14,19-25H2,1-3H3. The van der Waals surface area contributed by atoms with E-state index in [1.165, 1.54) is 16.7 Å². The van der Waals surface area contributed by atoms with Gasteiger partial charge in [0.15, 0.2) is 0 Å². The summed E-state index contributed by atoms with van der Waals surface area (Å²) in [6.45, 7) is 10.1. The Balaban J connectivity index is 1.16. The van der Waals surface area contributed by atoms with E-state index in [4.69, 9.17) is 20.8 Å². The van der Waals surface area contributed by atoms with Crippen molar-refractivity contribution in [1.29, 1.82) is 0 Å². The Morgan fingerprint density at radius 3 is 2.14 bits per heavy atom. The van der Waals surface area contributed by atoms with E-state index in [1.54, 1.807) is 0 Å². The van der Waals surface area contributed by atoms with Gasteiger partial charge in [-0.15, -0.1) is 0 Å². The van der Waals surface area contributed by atoms with Gasteiger partial charge in [-0.3, -0.25) is 4.90 Å². The van der Waals surface area contributed by atoms with Gasteiger partial charge in [-0.2, -0.15) is 0 Å². The third kappa shape index (κ3) is 6.98. The predicted octanol–water partition coefficient (Wildman–Crippen LogP) is 6.58. The first kappa shape index (κ1) is 31.6. The van der Waals surface area contributed by atoms with Gasteiger partial charge < -0.3 is 14.1 Å². The molecule has 2 aliphatic rings. The Kier molecular flexibility index (Phi) is 10.5. The van der Waals surface area contributed by atoms with Gasteiger partial charge in [0.25, 0.3) is 8.32 Å². The number of rotatable bonds is 12. The number of ether oxygens (including phenoxy) is 1. The first-order valence-corrected chi connectivity index (χ1v) is 18.0. The van der Waals surface area contributed by atoms with Gasteiger partial charge in [-0.05, 0) is 41.1 Å². The number of nitrogens with zero attached hydrogens (tertiary/aromatic N) is 4. The summed E-state index contributed by atoms with van der Waals surface area (Å²) in [6.07, 6.45) is 8.27. The van der Waals surface area contributed by atoms with Crippen LogP contribution in [0.15, 0.2) is 67.0 Å². The maximum Gasteiger partial charge on any atom is 0.326 e. The molecule has 43 heavy (non-hydrogen) atoms. The van der Waals surface area contributed by atoms with Gasteiger partial charge in [0.05, 0.1) is 12.1 Å². The van der Waals surface area contributed by atoms with Crippen molar-refractivity contribution in [3.05, 3.63) is 77.7 Å². The number of benzene rings is 2. The lowest BCUT2D eigenvalue weighted by Crippen LogP contribution is -2.66. The van der Waals surface area contributed by atoms with Crippen LogP contribution in [0.2, 0.25) is 10.2 Å². The molecule has 230 valence electrons. The molecule has 9 heteroatoms. The average molecular weight is 621 g/mol. The molecule has 2 amide bonds. The lowest BCUT2D eigenvalue weighted by Gasteiger charge is -2.43. The van der Waals surface area contributed by atoms with E-state index in [2.05, 4.69) is 91.4 Å². The molecule has 0 radical (unpaired) electrons. The monoisotopic (exact) mass is 620 g/mol. The van der Waals surface area contributed by atoms with Gasteiger partial charge in [0.2, 0.25) is 0 Å². The molecular formula is C34H45ClN4O3Si. The molecule has 2 aromatic carbocycles. The summed E-state index contributed by atoms with van der Waals surface area (Å²) >= 11 is 6.48. The van der Waals surface area contributed by atoms with Crippen LogP contribution in [0, 0.1) is 0 Å². The van der Waals surface area contributed by atoms with Crippen molar-refractivity contribution in [3.8, 4) is 0 Å². The Hall–Kier alpha value is -2.78. The maximum absolute atomic E-state index is 13.6. The van der Waals surface area contributed by atoms with Crippen molar-refractivity contribution in [3.63, 3.8) is 0 Å². The van der Waals surface area contributed by atoms with E-state index in [0.717, 1.165) is 57.1 Å². The molecule has 0 unspecified atom stereocenters. The van der Waals surface area contributed by atoms with Crippen molar-refractivity contribution in [2.24, 2.45) is 0 Å². The summed E-state index contributed by atoms with van der Waals surface area (Å²) in [5.41, 5.74) is 0.843. The van der Waals surface area contributed by atoms with Crippen molar-refractivity contribution in [2.75, 3.05) is 31.3 Å². The van der Waals surface area contributed by atoms with E-state index in [-0.39, 0.29) is 17.1 Å². The molecule has 2 aliphatic heterocycles. The third-order valence-electron chi connectivity index (χ3n) is 8.82. The van der Waals surface area contributed by atoms with E-state index < -0.39 is 8.32 Å². The first-order valence-electron chi connectivity index (χ1n) is 15.7. The number of halogens is 1. The minimum absolute atomic E-state index is 0.0159. The molecule has 1 aromatic heterocycles. The SMILES string of the molecule is CC(C)(C)[Si](OCCCCCCCN1C(=O)N(C2CCOCC2)Cc2c(Cl)ncnc21)(c1ccccc1)c1ccccc1. The van der Waals surface area contributed by atoms with Crippen molar-refractivity contribution < 1.29 is 14.0 Å². The summed E-state index contributed by atoms with van der Waals surface area (Å²) in [6, 6.07) is 21.8. The molecule has 3 aromatic rings. The van der Waals surface area contributed by atoms with Crippen LogP contribution >= 0.6 is 11.6 Å². The van der Waals surface area contributed by atoms with Gasteiger partial charge in [0, 0.05) is 32.4 Å². The number of carbonyl (C=O) groups is 1. The lowest BCUT2D eigenvalue weighted by atomic mass is 10.0. The van der Waals surface area contributed by atoms with E-state index in [1.807, 2.05) is 9.80 Å². The van der Waals surface area contributed by atoms with Crippen LogP contribution in [0.5, 0.6) is 0 Å². The number of aromatic nitrogens is 2. The maximum atomic E-state index is 13.6. The van der Waals surface area contributed by atoms with Gasteiger partial charge in [-0.25, -0.2) is 14.8 Å². The van der Waals surface area contributed by atoms with Crippen LogP contribution in [0.1, 0.15) is 71.3 Å². The largest absolute Gasteiger partial charge is 0.407 e. The third-order valence-corrected chi connectivity index (χ3v) is 14.2. The van der Waals surface area contributed by atoms with Crippen LogP contribution in [-0.4, -0.2) is 61.6 Å². The normalized spacial score (nSPS) is 16.4. The molecule has 0 bridgehead atoms. The van der Waals surface area contributed by atoms with Crippen LogP contribution in [0.25, 0.3) is 0 Å². The summed E-state index contributed by atoms with van der Waals surface area (Å²) in [5, 5.41) is 3.05.